The Balaban J connectivity index is 1.77. The van der Waals surface area contributed by atoms with Crippen LogP contribution in [0, 0.1) is 13.8 Å². The van der Waals surface area contributed by atoms with E-state index in [2.05, 4.69) is 15.0 Å². The second-order valence-corrected chi connectivity index (χ2v) is 7.18. The number of allylic oxidation sites excluding steroid dienone is 1. The highest BCUT2D eigenvalue weighted by molar-refractivity contribution is 6.04. The summed E-state index contributed by atoms with van der Waals surface area (Å²) >= 11 is 0. The van der Waals surface area contributed by atoms with Crippen molar-refractivity contribution in [1.29, 1.82) is 0 Å². The van der Waals surface area contributed by atoms with E-state index >= 15 is 0 Å². The molecule has 0 radical (unpaired) electrons. The number of aromatic nitrogens is 1. The Kier molecular flexibility index (Phi) is 10.0. The summed E-state index contributed by atoms with van der Waals surface area (Å²) < 4.78 is 56.0. The minimum absolute atomic E-state index is 0.200. The number of alkyl halides is 3. The van der Waals surface area contributed by atoms with Gasteiger partial charge in [-0.15, -0.1) is 0 Å². The van der Waals surface area contributed by atoms with Crippen molar-refractivity contribution in [2.45, 2.75) is 39.8 Å². The van der Waals surface area contributed by atoms with Crippen LogP contribution in [0.2, 0.25) is 0 Å². The zero-order valence-electron chi connectivity index (χ0n) is 19.2. The molecule has 0 N–H and O–H groups in total. The number of unbranched alkanes of at least 4 members (excludes halogenated alkanes) is 1. The Morgan fingerprint density at radius 1 is 1.03 bits per heavy atom. The molecule has 0 saturated heterocycles. The highest BCUT2D eigenvalue weighted by Crippen LogP contribution is 2.29. The van der Waals surface area contributed by atoms with Crippen LogP contribution in [0.1, 0.15) is 36.5 Å². The standard InChI is InChI=1S/C24H29F3N2O4/c1-5-6-11-31-20-14-17(2)22(18(3)15-20)33-13-8-7-12-32-21-10-9-19(16-28-21)23(29-30-4)24(25,26)27/h5-6,9-10,14-16H,7-8,11-13H2,1-4H3/b6-5+,29-23-. The van der Waals surface area contributed by atoms with E-state index in [9.17, 15) is 13.2 Å². The number of ether oxygens (including phenoxy) is 3. The largest absolute Gasteiger partial charge is 0.493 e. The van der Waals surface area contributed by atoms with E-state index in [0.717, 1.165) is 42.4 Å². The van der Waals surface area contributed by atoms with Gasteiger partial charge in [0.25, 0.3) is 0 Å². The Hall–Kier alpha value is -3.23. The SMILES string of the molecule is C/C=C/COc1cc(C)c(OCCCCOc2ccc(/C(=N/OC)C(F)(F)F)cn2)c(C)c1. The van der Waals surface area contributed by atoms with Gasteiger partial charge in [0.15, 0.2) is 5.71 Å². The molecule has 0 unspecified atom stereocenters. The van der Waals surface area contributed by atoms with Crippen LogP contribution in [0.5, 0.6) is 17.4 Å². The van der Waals surface area contributed by atoms with E-state index in [0.29, 0.717) is 26.2 Å². The van der Waals surface area contributed by atoms with Crippen molar-refractivity contribution in [3.8, 4) is 17.4 Å². The molecule has 0 aliphatic heterocycles. The fourth-order valence-corrected chi connectivity index (χ4v) is 2.98. The molecular weight excluding hydrogens is 437 g/mol. The molecule has 1 heterocycles. The molecule has 2 rings (SSSR count). The molecule has 9 heteroatoms. The smallest absolute Gasteiger partial charge is 0.437 e. The highest BCUT2D eigenvalue weighted by atomic mass is 19.4. The third-order valence-electron chi connectivity index (χ3n) is 4.51. The molecule has 0 bridgehead atoms. The summed E-state index contributed by atoms with van der Waals surface area (Å²) in [7, 11) is 1.05. The van der Waals surface area contributed by atoms with E-state index in [1.165, 1.54) is 12.1 Å². The average Bonchev–Trinajstić information content (AvgIpc) is 2.76. The van der Waals surface area contributed by atoms with Crippen LogP contribution in [0.4, 0.5) is 13.2 Å². The predicted molar refractivity (Wildman–Crippen MR) is 120 cm³/mol. The molecule has 2 aromatic rings. The van der Waals surface area contributed by atoms with Crippen molar-refractivity contribution >= 4 is 5.71 Å². The number of hydrogen-bond acceptors (Lipinski definition) is 6. The van der Waals surface area contributed by atoms with Gasteiger partial charge in [0.05, 0.1) is 13.2 Å². The van der Waals surface area contributed by atoms with Gasteiger partial charge in [-0.1, -0.05) is 17.3 Å². The zero-order chi connectivity index (χ0) is 24.3. The highest BCUT2D eigenvalue weighted by Gasteiger charge is 2.38. The first-order valence-corrected chi connectivity index (χ1v) is 10.5. The number of aryl methyl sites for hydroxylation is 2. The average molecular weight is 467 g/mol. The Morgan fingerprint density at radius 2 is 1.70 bits per heavy atom. The molecule has 0 fully saturated rings. The first-order valence-electron chi connectivity index (χ1n) is 10.5. The van der Waals surface area contributed by atoms with Crippen LogP contribution in [0.3, 0.4) is 0 Å². The monoisotopic (exact) mass is 466 g/mol. The van der Waals surface area contributed by atoms with Gasteiger partial charge in [-0.3, -0.25) is 0 Å². The number of benzene rings is 1. The van der Waals surface area contributed by atoms with Crippen molar-refractivity contribution in [3.63, 3.8) is 0 Å². The maximum absolute atomic E-state index is 13.0. The number of rotatable bonds is 12. The second-order valence-electron chi connectivity index (χ2n) is 7.18. The van der Waals surface area contributed by atoms with Crippen molar-refractivity contribution in [2.24, 2.45) is 5.16 Å². The molecule has 0 amide bonds. The Labute approximate surface area is 192 Å². The molecule has 0 atom stereocenters. The van der Waals surface area contributed by atoms with Crippen molar-refractivity contribution in [2.75, 3.05) is 26.9 Å². The molecule has 0 spiro atoms. The van der Waals surface area contributed by atoms with E-state index in [4.69, 9.17) is 14.2 Å². The summed E-state index contributed by atoms with van der Waals surface area (Å²) in [4.78, 5) is 8.19. The van der Waals surface area contributed by atoms with Gasteiger partial charge < -0.3 is 19.0 Å². The van der Waals surface area contributed by atoms with Gasteiger partial charge in [-0.2, -0.15) is 13.2 Å². The number of nitrogens with zero attached hydrogens (tertiary/aromatic N) is 2. The summed E-state index contributed by atoms with van der Waals surface area (Å²) in [5.74, 6) is 1.88. The number of halogens is 3. The molecule has 0 aliphatic rings. The maximum atomic E-state index is 13.0. The van der Waals surface area contributed by atoms with Gasteiger partial charge in [-0.25, -0.2) is 4.98 Å². The fraction of sp³-hybridized carbons (Fsp3) is 0.417. The van der Waals surface area contributed by atoms with Crippen LogP contribution in [0.25, 0.3) is 0 Å². The van der Waals surface area contributed by atoms with E-state index in [-0.39, 0.29) is 11.4 Å². The van der Waals surface area contributed by atoms with Gasteiger partial charge in [0.2, 0.25) is 5.88 Å². The minimum atomic E-state index is -4.64. The topological polar surface area (TPSA) is 62.2 Å². The Morgan fingerprint density at radius 3 is 2.24 bits per heavy atom. The van der Waals surface area contributed by atoms with Crippen LogP contribution >= 0.6 is 0 Å². The van der Waals surface area contributed by atoms with E-state index < -0.39 is 11.9 Å². The number of pyridine rings is 1. The number of hydrogen-bond donors (Lipinski definition) is 0. The van der Waals surface area contributed by atoms with E-state index in [1.54, 1.807) is 0 Å². The lowest BCUT2D eigenvalue weighted by molar-refractivity contribution is -0.0608. The molecule has 33 heavy (non-hydrogen) atoms. The summed E-state index contributed by atoms with van der Waals surface area (Å²) in [6, 6.07) is 6.52. The first-order chi connectivity index (χ1) is 15.8. The van der Waals surface area contributed by atoms with Crippen molar-refractivity contribution < 1.29 is 32.2 Å². The van der Waals surface area contributed by atoms with E-state index in [1.807, 2.05) is 45.1 Å². The molecule has 0 aliphatic carbocycles. The summed E-state index contributed by atoms with van der Waals surface area (Å²) in [5.41, 5.74) is 0.653. The van der Waals surface area contributed by atoms with Crippen molar-refractivity contribution in [1.82, 2.24) is 4.98 Å². The lowest BCUT2D eigenvalue weighted by Crippen LogP contribution is -2.24. The minimum Gasteiger partial charge on any atom is -0.493 e. The summed E-state index contributed by atoms with van der Waals surface area (Å²) in [6.45, 7) is 7.30. The second kappa shape index (κ2) is 12.7. The lowest BCUT2D eigenvalue weighted by atomic mass is 10.1. The number of oxime groups is 1. The fourth-order valence-electron chi connectivity index (χ4n) is 2.98. The van der Waals surface area contributed by atoms with Gasteiger partial charge in [0.1, 0.15) is 25.2 Å². The third-order valence-corrected chi connectivity index (χ3v) is 4.51. The molecule has 1 aromatic heterocycles. The van der Waals surface area contributed by atoms with Crippen LogP contribution in [0.15, 0.2) is 47.8 Å². The molecule has 180 valence electrons. The normalized spacial score (nSPS) is 12.2. The first kappa shape index (κ1) is 26.0. The van der Waals surface area contributed by atoms with Gasteiger partial charge in [0, 0.05) is 17.8 Å². The quantitative estimate of drug-likeness (QED) is 0.171. The zero-order valence-corrected chi connectivity index (χ0v) is 19.2. The predicted octanol–water partition coefficient (Wildman–Crippen LogP) is 5.80. The molecule has 0 saturated carbocycles. The van der Waals surface area contributed by atoms with Gasteiger partial charge >= 0.3 is 6.18 Å². The maximum Gasteiger partial charge on any atom is 0.437 e. The molecule has 6 nitrogen and oxygen atoms in total. The molecular formula is C24H29F3N2O4. The van der Waals surface area contributed by atoms with Crippen LogP contribution in [-0.4, -0.2) is 43.8 Å². The van der Waals surface area contributed by atoms with Gasteiger partial charge in [-0.05, 0) is 62.9 Å². The lowest BCUT2D eigenvalue weighted by Gasteiger charge is -2.14. The van der Waals surface area contributed by atoms with Crippen LogP contribution < -0.4 is 14.2 Å². The third kappa shape index (κ3) is 8.32. The summed E-state index contributed by atoms with van der Waals surface area (Å²) in [5, 5.41) is 3.04. The van der Waals surface area contributed by atoms with Crippen molar-refractivity contribution in [3.05, 3.63) is 59.3 Å². The Bertz CT molecular complexity index is 919. The summed E-state index contributed by atoms with van der Waals surface area (Å²) in [6.07, 6.45) is 1.74. The van der Waals surface area contributed by atoms with Crippen LogP contribution in [-0.2, 0) is 4.84 Å². The molecule has 1 aromatic carbocycles.